The van der Waals surface area contributed by atoms with Crippen molar-refractivity contribution in [2.45, 2.75) is 0 Å². The topological polar surface area (TPSA) is 75.9 Å². The minimum Gasteiger partial charge on any atom is -0.497 e. The summed E-state index contributed by atoms with van der Waals surface area (Å²) in [6, 6.07) is 22.7. The largest absolute Gasteiger partial charge is 0.497 e. The Bertz CT molecular complexity index is 1580. The van der Waals surface area contributed by atoms with Crippen molar-refractivity contribution in [3.63, 3.8) is 0 Å². The molecule has 5 aromatic rings. The molecule has 1 aliphatic rings. The van der Waals surface area contributed by atoms with Gasteiger partial charge < -0.3 is 14.5 Å². The lowest BCUT2D eigenvalue weighted by Gasteiger charge is -2.35. The first-order valence-electron chi connectivity index (χ1n) is 11.7. The van der Waals surface area contributed by atoms with E-state index in [1.807, 2.05) is 70.0 Å². The maximum absolute atomic E-state index is 13.1. The van der Waals surface area contributed by atoms with Gasteiger partial charge in [0.05, 0.1) is 17.6 Å². The molecule has 36 heavy (non-hydrogen) atoms. The van der Waals surface area contributed by atoms with Gasteiger partial charge in [-0.1, -0.05) is 35.9 Å². The number of hydrogen-bond donors (Lipinski definition) is 0. The molecule has 0 bridgehead atoms. The summed E-state index contributed by atoms with van der Waals surface area (Å²) in [7, 11) is 1.61. The van der Waals surface area contributed by atoms with E-state index in [1.54, 1.807) is 19.2 Å². The molecule has 9 heteroatoms. The van der Waals surface area contributed by atoms with Crippen LogP contribution in [-0.2, 0) is 0 Å². The van der Waals surface area contributed by atoms with Crippen molar-refractivity contribution in [2.24, 2.45) is 0 Å². The van der Waals surface area contributed by atoms with E-state index in [9.17, 15) is 4.79 Å². The Morgan fingerprint density at radius 3 is 2.36 bits per heavy atom. The highest BCUT2D eigenvalue weighted by Gasteiger charge is 2.27. The molecule has 3 heterocycles. The summed E-state index contributed by atoms with van der Waals surface area (Å²) in [4.78, 5) is 22.1. The number of rotatable bonds is 4. The van der Waals surface area contributed by atoms with Crippen molar-refractivity contribution >= 4 is 40.0 Å². The summed E-state index contributed by atoms with van der Waals surface area (Å²) >= 11 is 6.54. The van der Waals surface area contributed by atoms with E-state index < -0.39 is 0 Å². The van der Waals surface area contributed by atoms with Gasteiger partial charge >= 0.3 is 0 Å². The van der Waals surface area contributed by atoms with Crippen molar-refractivity contribution < 1.29 is 9.53 Å². The molecule has 0 saturated carbocycles. The summed E-state index contributed by atoms with van der Waals surface area (Å²) in [6.45, 7) is 2.40. The van der Waals surface area contributed by atoms with Gasteiger partial charge in [0, 0.05) is 42.7 Å². The number of piperazine rings is 1. The molecule has 180 valence electrons. The third-order valence-electron chi connectivity index (χ3n) is 6.53. The first-order valence-corrected chi connectivity index (χ1v) is 12.1. The molecule has 6 rings (SSSR count). The summed E-state index contributed by atoms with van der Waals surface area (Å²) in [5.74, 6) is 2.11. The fraction of sp³-hybridized carbons (Fsp3) is 0.185. The van der Waals surface area contributed by atoms with Gasteiger partial charge in [-0.15, -0.1) is 10.2 Å². The number of aromatic nitrogens is 4. The Kier molecular flexibility index (Phi) is 5.65. The molecule has 1 saturated heterocycles. The normalized spacial score (nSPS) is 13.9. The summed E-state index contributed by atoms with van der Waals surface area (Å²) in [5.41, 5.74) is 3.01. The first-order chi connectivity index (χ1) is 17.6. The van der Waals surface area contributed by atoms with E-state index in [4.69, 9.17) is 21.3 Å². The zero-order chi connectivity index (χ0) is 24.6. The number of nitrogens with zero attached hydrogens (tertiary/aromatic N) is 6. The molecule has 3 aromatic carbocycles. The van der Waals surface area contributed by atoms with Crippen molar-refractivity contribution in [3.8, 4) is 17.1 Å². The highest BCUT2D eigenvalue weighted by molar-refractivity contribution is 6.33. The van der Waals surface area contributed by atoms with E-state index in [2.05, 4.69) is 15.1 Å². The van der Waals surface area contributed by atoms with Gasteiger partial charge in [0.25, 0.3) is 5.91 Å². The number of hydrogen-bond acceptors (Lipinski definition) is 6. The second-order valence-electron chi connectivity index (χ2n) is 8.60. The van der Waals surface area contributed by atoms with Crippen LogP contribution in [0, 0.1) is 0 Å². The molecule has 0 N–H and O–H groups in total. The van der Waals surface area contributed by atoms with Crippen LogP contribution in [0.2, 0.25) is 5.02 Å². The Morgan fingerprint density at radius 1 is 0.889 bits per heavy atom. The third-order valence-corrected chi connectivity index (χ3v) is 6.86. The maximum Gasteiger partial charge on any atom is 0.253 e. The van der Waals surface area contributed by atoms with E-state index >= 15 is 0 Å². The number of benzene rings is 3. The number of carbonyl (C=O) groups is 1. The van der Waals surface area contributed by atoms with E-state index in [0.717, 1.165) is 33.8 Å². The van der Waals surface area contributed by atoms with Crippen LogP contribution in [0.15, 0.2) is 72.8 Å². The fourth-order valence-corrected chi connectivity index (χ4v) is 4.84. The number of halogens is 1. The smallest absolute Gasteiger partial charge is 0.253 e. The number of para-hydroxylation sites is 1. The van der Waals surface area contributed by atoms with Gasteiger partial charge in [-0.25, -0.2) is 9.38 Å². The van der Waals surface area contributed by atoms with Crippen molar-refractivity contribution in [3.05, 3.63) is 83.4 Å². The van der Waals surface area contributed by atoms with Crippen LogP contribution in [0.4, 0.5) is 5.95 Å². The van der Waals surface area contributed by atoms with Crippen molar-refractivity contribution in [1.82, 2.24) is 24.5 Å². The van der Waals surface area contributed by atoms with Crippen molar-refractivity contribution in [1.29, 1.82) is 0 Å². The summed E-state index contributed by atoms with van der Waals surface area (Å²) in [6.07, 6.45) is 0. The molecule has 8 nitrogen and oxygen atoms in total. The van der Waals surface area contributed by atoms with Gasteiger partial charge in [0.1, 0.15) is 5.75 Å². The molecule has 0 radical (unpaired) electrons. The Morgan fingerprint density at radius 2 is 1.61 bits per heavy atom. The number of carbonyl (C=O) groups excluding carboxylic acids is 1. The number of ether oxygens (including phenoxy) is 1. The van der Waals surface area contributed by atoms with E-state index in [1.165, 1.54) is 0 Å². The summed E-state index contributed by atoms with van der Waals surface area (Å²) < 4.78 is 7.18. The van der Waals surface area contributed by atoms with Crippen LogP contribution in [0.1, 0.15) is 10.4 Å². The monoisotopic (exact) mass is 498 g/mol. The zero-order valence-corrected chi connectivity index (χ0v) is 20.4. The van der Waals surface area contributed by atoms with Crippen LogP contribution >= 0.6 is 11.6 Å². The molecule has 2 aromatic heterocycles. The van der Waals surface area contributed by atoms with Crippen LogP contribution < -0.4 is 9.64 Å². The van der Waals surface area contributed by atoms with Gasteiger partial charge in [-0.3, -0.25) is 4.79 Å². The number of methoxy groups -OCH3 is 1. The third kappa shape index (κ3) is 3.79. The SMILES string of the molecule is COc1ccc(C(=O)N2CCN(c3nc4ccccc4c4nnc(-c5ccccc5Cl)n34)CC2)cc1. The number of fused-ring (bicyclic) bond motifs is 3. The Labute approximate surface area is 212 Å². The molecule has 0 spiro atoms. The molecule has 0 aliphatic carbocycles. The lowest BCUT2D eigenvalue weighted by atomic mass is 10.1. The van der Waals surface area contributed by atoms with Gasteiger partial charge in [0.2, 0.25) is 5.95 Å². The zero-order valence-electron chi connectivity index (χ0n) is 19.6. The molecular weight excluding hydrogens is 476 g/mol. The fourth-order valence-electron chi connectivity index (χ4n) is 4.62. The van der Waals surface area contributed by atoms with E-state index in [0.29, 0.717) is 42.6 Å². The molecule has 0 unspecified atom stereocenters. The molecule has 0 atom stereocenters. The number of anilines is 1. The predicted octanol–water partition coefficient (Wildman–Crippen LogP) is 4.57. The highest BCUT2D eigenvalue weighted by atomic mass is 35.5. The van der Waals surface area contributed by atoms with Crippen molar-refractivity contribution in [2.75, 3.05) is 38.2 Å². The second-order valence-corrected chi connectivity index (χ2v) is 9.01. The molecule has 1 aliphatic heterocycles. The standard InChI is InChI=1S/C27H23ClN6O2/c1-36-19-12-10-18(11-13-19)26(35)32-14-16-33(17-15-32)27-29-23-9-5-3-7-21(23)25-31-30-24(34(25)27)20-6-2-4-8-22(20)28/h2-13H,14-17H2,1H3. The van der Waals surface area contributed by atoms with E-state index in [-0.39, 0.29) is 5.91 Å². The molecular formula is C27H23ClN6O2. The van der Waals surface area contributed by atoms with Gasteiger partial charge in [-0.2, -0.15) is 0 Å². The van der Waals surface area contributed by atoms with Gasteiger partial charge in [0.15, 0.2) is 11.5 Å². The minimum absolute atomic E-state index is 0.00924. The van der Waals surface area contributed by atoms with Crippen LogP contribution in [-0.4, -0.2) is 63.7 Å². The van der Waals surface area contributed by atoms with Crippen LogP contribution in [0.5, 0.6) is 5.75 Å². The maximum atomic E-state index is 13.1. The highest BCUT2D eigenvalue weighted by Crippen LogP contribution is 2.32. The lowest BCUT2D eigenvalue weighted by molar-refractivity contribution is 0.0746. The average Bonchev–Trinajstić information content (AvgIpc) is 3.38. The average molecular weight is 499 g/mol. The Balaban J connectivity index is 1.36. The quantitative estimate of drug-likeness (QED) is 0.361. The summed E-state index contributed by atoms with van der Waals surface area (Å²) in [5, 5.41) is 10.6. The van der Waals surface area contributed by atoms with Crippen LogP contribution in [0.25, 0.3) is 27.9 Å². The number of amides is 1. The molecule has 1 amide bonds. The first kappa shape index (κ1) is 22.3. The second kappa shape index (κ2) is 9.13. The minimum atomic E-state index is 0.00924. The molecule has 1 fully saturated rings. The van der Waals surface area contributed by atoms with Crippen LogP contribution in [0.3, 0.4) is 0 Å². The Hall–Kier alpha value is -4.17. The predicted molar refractivity (Wildman–Crippen MR) is 140 cm³/mol. The lowest BCUT2D eigenvalue weighted by Crippen LogP contribution is -2.49. The van der Waals surface area contributed by atoms with Gasteiger partial charge in [-0.05, 0) is 48.5 Å².